The van der Waals surface area contributed by atoms with Gasteiger partial charge in [-0.2, -0.15) is 0 Å². The van der Waals surface area contributed by atoms with Gasteiger partial charge in [0.2, 0.25) is 0 Å². The molecule has 2 nitrogen and oxygen atoms in total. The first-order chi connectivity index (χ1) is 8.56. The Bertz CT molecular complexity index is 577. The quantitative estimate of drug-likeness (QED) is 0.846. The standard InChI is InChI=1S/C13H10BrClFNO/c14-9-1-3-11(16)8(5-9)7-18-13-4-2-10(15)6-12(13)17/h1-6H,7,17H2. The summed E-state index contributed by atoms with van der Waals surface area (Å²) in [5.74, 6) is 0.171. The first-order valence-corrected chi connectivity index (χ1v) is 6.35. The Morgan fingerprint density at radius 2 is 2.00 bits per heavy atom. The van der Waals surface area contributed by atoms with Crippen LogP contribution in [0.25, 0.3) is 0 Å². The average Bonchev–Trinajstić information content (AvgIpc) is 2.32. The van der Waals surface area contributed by atoms with Crippen LogP contribution in [-0.2, 0) is 6.61 Å². The van der Waals surface area contributed by atoms with Crippen molar-refractivity contribution < 1.29 is 9.13 Å². The maximum atomic E-state index is 13.5. The monoisotopic (exact) mass is 329 g/mol. The molecule has 0 saturated carbocycles. The van der Waals surface area contributed by atoms with E-state index >= 15 is 0 Å². The van der Waals surface area contributed by atoms with Crippen LogP contribution >= 0.6 is 27.5 Å². The normalized spacial score (nSPS) is 10.4. The summed E-state index contributed by atoms with van der Waals surface area (Å²) in [7, 11) is 0. The first kappa shape index (κ1) is 13.2. The second-order valence-electron chi connectivity index (χ2n) is 3.71. The van der Waals surface area contributed by atoms with Crippen LogP contribution < -0.4 is 10.5 Å². The van der Waals surface area contributed by atoms with E-state index in [0.717, 1.165) is 4.47 Å². The topological polar surface area (TPSA) is 35.2 Å². The molecule has 5 heteroatoms. The van der Waals surface area contributed by atoms with Gasteiger partial charge in [-0.3, -0.25) is 0 Å². The number of ether oxygens (including phenoxy) is 1. The fourth-order valence-corrected chi connectivity index (χ4v) is 2.05. The third-order valence-corrected chi connectivity index (χ3v) is 3.09. The van der Waals surface area contributed by atoms with E-state index in [1.807, 2.05) is 0 Å². The Balaban J connectivity index is 2.13. The van der Waals surface area contributed by atoms with E-state index in [-0.39, 0.29) is 12.4 Å². The van der Waals surface area contributed by atoms with Gasteiger partial charge in [0.15, 0.2) is 0 Å². The fourth-order valence-electron chi connectivity index (χ4n) is 1.46. The van der Waals surface area contributed by atoms with Gasteiger partial charge in [-0.15, -0.1) is 0 Å². The lowest BCUT2D eigenvalue weighted by atomic mass is 10.2. The highest BCUT2D eigenvalue weighted by molar-refractivity contribution is 9.10. The highest BCUT2D eigenvalue weighted by atomic mass is 79.9. The van der Waals surface area contributed by atoms with Crippen LogP contribution in [0.5, 0.6) is 5.75 Å². The molecule has 0 heterocycles. The molecule has 0 aliphatic carbocycles. The Labute approximate surface area is 118 Å². The van der Waals surface area contributed by atoms with Crippen molar-refractivity contribution in [3.63, 3.8) is 0 Å². The molecule has 2 rings (SSSR count). The number of nitrogens with two attached hydrogens (primary N) is 1. The first-order valence-electron chi connectivity index (χ1n) is 5.18. The van der Waals surface area contributed by atoms with Gasteiger partial charge in [0.05, 0.1) is 5.69 Å². The molecule has 2 N–H and O–H groups in total. The summed E-state index contributed by atoms with van der Waals surface area (Å²) in [5.41, 5.74) is 6.63. The highest BCUT2D eigenvalue weighted by Gasteiger charge is 2.06. The van der Waals surface area contributed by atoms with Crippen molar-refractivity contribution in [2.45, 2.75) is 6.61 Å². The Hall–Kier alpha value is -1.26. The Kier molecular flexibility index (Phi) is 4.09. The molecule has 0 amide bonds. The van der Waals surface area contributed by atoms with Gasteiger partial charge in [-0.25, -0.2) is 4.39 Å². The summed E-state index contributed by atoms with van der Waals surface area (Å²) in [6, 6.07) is 9.61. The van der Waals surface area contributed by atoms with Crippen molar-refractivity contribution in [3.05, 3.63) is 57.3 Å². The molecule has 0 bridgehead atoms. The number of halogens is 3. The van der Waals surface area contributed by atoms with E-state index in [4.69, 9.17) is 22.1 Å². The van der Waals surface area contributed by atoms with Crippen LogP contribution in [0.3, 0.4) is 0 Å². The summed E-state index contributed by atoms with van der Waals surface area (Å²) in [6.07, 6.45) is 0. The van der Waals surface area contributed by atoms with Crippen LogP contribution in [-0.4, -0.2) is 0 Å². The van der Waals surface area contributed by atoms with E-state index in [1.165, 1.54) is 6.07 Å². The van der Waals surface area contributed by atoms with Crippen molar-refractivity contribution in [1.82, 2.24) is 0 Å². The van der Waals surface area contributed by atoms with Crippen molar-refractivity contribution in [3.8, 4) is 5.75 Å². The predicted molar refractivity (Wildman–Crippen MR) is 74.3 cm³/mol. The number of rotatable bonds is 3. The van der Waals surface area contributed by atoms with Crippen LogP contribution in [0.15, 0.2) is 40.9 Å². The molecule has 0 fully saturated rings. The van der Waals surface area contributed by atoms with Crippen molar-refractivity contribution in [1.29, 1.82) is 0 Å². The van der Waals surface area contributed by atoms with E-state index in [0.29, 0.717) is 22.0 Å². The molecule has 2 aromatic carbocycles. The Morgan fingerprint density at radius 3 is 2.72 bits per heavy atom. The zero-order valence-electron chi connectivity index (χ0n) is 9.29. The van der Waals surface area contributed by atoms with Gasteiger partial charge >= 0.3 is 0 Å². The molecule has 0 radical (unpaired) electrons. The summed E-state index contributed by atoms with van der Waals surface area (Å²) in [5, 5.41) is 0.536. The summed E-state index contributed by atoms with van der Waals surface area (Å²) in [6.45, 7) is 0.108. The summed E-state index contributed by atoms with van der Waals surface area (Å²) in [4.78, 5) is 0. The number of benzene rings is 2. The summed E-state index contributed by atoms with van der Waals surface area (Å²) >= 11 is 9.06. The summed E-state index contributed by atoms with van der Waals surface area (Å²) < 4.78 is 19.8. The lowest BCUT2D eigenvalue weighted by molar-refractivity contribution is 0.301. The minimum atomic E-state index is -0.314. The third-order valence-electron chi connectivity index (χ3n) is 2.36. The molecule has 0 unspecified atom stereocenters. The number of hydrogen-bond donors (Lipinski definition) is 1. The van der Waals surface area contributed by atoms with Crippen LogP contribution in [0.1, 0.15) is 5.56 Å². The molecular weight excluding hydrogens is 321 g/mol. The molecule has 0 saturated heterocycles. The minimum Gasteiger partial charge on any atom is -0.487 e. The van der Waals surface area contributed by atoms with Crippen LogP contribution in [0.4, 0.5) is 10.1 Å². The molecule has 2 aromatic rings. The van der Waals surface area contributed by atoms with Crippen molar-refractivity contribution >= 4 is 33.2 Å². The smallest absolute Gasteiger partial charge is 0.142 e. The van der Waals surface area contributed by atoms with Crippen LogP contribution in [0, 0.1) is 5.82 Å². The second kappa shape index (κ2) is 5.59. The fraction of sp³-hybridized carbons (Fsp3) is 0.0769. The van der Waals surface area contributed by atoms with E-state index in [2.05, 4.69) is 15.9 Å². The molecular formula is C13H10BrClFNO. The molecule has 18 heavy (non-hydrogen) atoms. The van der Waals surface area contributed by atoms with Crippen LogP contribution in [0.2, 0.25) is 5.02 Å². The van der Waals surface area contributed by atoms with Gasteiger partial charge in [-0.1, -0.05) is 27.5 Å². The van der Waals surface area contributed by atoms with Gasteiger partial charge in [-0.05, 0) is 36.4 Å². The van der Waals surface area contributed by atoms with Gasteiger partial charge in [0, 0.05) is 15.1 Å². The SMILES string of the molecule is Nc1cc(Cl)ccc1OCc1cc(Br)ccc1F. The molecule has 0 aliphatic heterocycles. The maximum absolute atomic E-state index is 13.5. The minimum absolute atomic E-state index is 0.108. The maximum Gasteiger partial charge on any atom is 0.142 e. The zero-order chi connectivity index (χ0) is 13.1. The lowest BCUT2D eigenvalue weighted by Gasteiger charge is -2.10. The number of nitrogen functional groups attached to an aromatic ring is 1. The van der Waals surface area contributed by atoms with Gasteiger partial charge < -0.3 is 10.5 Å². The van der Waals surface area contributed by atoms with Gasteiger partial charge in [0.1, 0.15) is 18.2 Å². The largest absolute Gasteiger partial charge is 0.487 e. The van der Waals surface area contributed by atoms with Gasteiger partial charge in [0.25, 0.3) is 0 Å². The van der Waals surface area contributed by atoms with Crippen molar-refractivity contribution in [2.75, 3.05) is 5.73 Å². The molecule has 0 atom stereocenters. The Morgan fingerprint density at radius 1 is 1.22 bits per heavy atom. The second-order valence-corrected chi connectivity index (χ2v) is 5.06. The van der Waals surface area contributed by atoms with E-state index < -0.39 is 0 Å². The molecule has 0 aliphatic rings. The molecule has 0 aromatic heterocycles. The predicted octanol–water partition coefficient (Wildman–Crippen LogP) is 4.40. The average molecular weight is 331 g/mol. The zero-order valence-corrected chi connectivity index (χ0v) is 11.6. The lowest BCUT2D eigenvalue weighted by Crippen LogP contribution is -2.00. The molecule has 94 valence electrons. The van der Waals surface area contributed by atoms with E-state index in [1.54, 1.807) is 30.3 Å². The highest BCUT2D eigenvalue weighted by Crippen LogP contribution is 2.26. The van der Waals surface area contributed by atoms with E-state index in [9.17, 15) is 4.39 Å². The number of hydrogen-bond acceptors (Lipinski definition) is 2. The van der Waals surface area contributed by atoms with Crippen molar-refractivity contribution in [2.24, 2.45) is 0 Å². The molecule has 0 spiro atoms. The third kappa shape index (κ3) is 3.15. The number of anilines is 1.